The number of rotatable bonds is 9. The molecule has 26 heavy (non-hydrogen) atoms. The lowest BCUT2D eigenvalue weighted by molar-refractivity contribution is 0.103. The molecule has 4 nitrogen and oxygen atoms in total. The minimum Gasteiger partial charge on any atom is -0.507 e. The van der Waals surface area contributed by atoms with Crippen molar-refractivity contribution < 1.29 is 19.7 Å². The van der Waals surface area contributed by atoms with Crippen molar-refractivity contribution in [2.75, 3.05) is 7.11 Å². The maximum absolute atomic E-state index is 13.1. The first kappa shape index (κ1) is 20.0. The molecule has 2 aromatic rings. The van der Waals surface area contributed by atoms with Gasteiger partial charge in [0.15, 0.2) is 5.78 Å². The third kappa shape index (κ3) is 4.85. The van der Waals surface area contributed by atoms with Gasteiger partial charge in [-0.25, -0.2) is 0 Å². The van der Waals surface area contributed by atoms with E-state index in [0.29, 0.717) is 23.3 Å². The summed E-state index contributed by atoms with van der Waals surface area (Å²) in [6, 6.07) is 12.2. The van der Waals surface area contributed by atoms with E-state index in [2.05, 4.69) is 6.92 Å². The maximum atomic E-state index is 13.1. The molecule has 2 aromatic carbocycles. The zero-order chi connectivity index (χ0) is 19.1. The van der Waals surface area contributed by atoms with Crippen molar-refractivity contribution in [1.82, 2.24) is 0 Å². The first-order valence-corrected chi connectivity index (χ1v) is 9.16. The molecule has 2 atom stereocenters. The number of ether oxygens (including phenoxy) is 1. The first-order valence-electron chi connectivity index (χ1n) is 9.16. The summed E-state index contributed by atoms with van der Waals surface area (Å²) >= 11 is 0. The summed E-state index contributed by atoms with van der Waals surface area (Å²) in [7, 11) is 1.53. The van der Waals surface area contributed by atoms with Crippen molar-refractivity contribution in [3.8, 4) is 11.5 Å². The number of benzene rings is 2. The SMILES string of the molecule is CCCCC(CC(C)O)c1cc(OC)cc(O)c1C(=O)c1ccccc1. The van der Waals surface area contributed by atoms with Gasteiger partial charge in [-0.2, -0.15) is 0 Å². The van der Waals surface area contributed by atoms with Gasteiger partial charge in [0.2, 0.25) is 0 Å². The quantitative estimate of drug-likeness (QED) is 0.640. The molecule has 0 spiro atoms. The van der Waals surface area contributed by atoms with Crippen molar-refractivity contribution in [2.45, 2.75) is 51.6 Å². The number of carbonyl (C=O) groups excluding carboxylic acids is 1. The second-order valence-corrected chi connectivity index (χ2v) is 6.73. The molecular weight excluding hydrogens is 328 g/mol. The lowest BCUT2D eigenvalue weighted by Gasteiger charge is -2.23. The predicted octanol–water partition coefficient (Wildman–Crippen LogP) is 4.68. The Labute approximate surface area is 155 Å². The summed E-state index contributed by atoms with van der Waals surface area (Å²) in [5.74, 6) is 0.181. The van der Waals surface area contributed by atoms with Crippen LogP contribution in [0.5, 0.6) is 11.5 Å². The lowest BCUT2D eigenvalue weighted by Crippen LogP contribution is -2.14. The Morgan fingerprint density at radius 1 is 1.19 bits per heavy atom. The maximum Gasteiger partial charge on any atom is 0.197 e. The van der Waals surface area contributed by atoms with Crippen LogP contribution in [0.15, 0.2) is 42.5 Å². The smallest absolute Gasteiger partial charge is 0.197 e. The van der Waals surface area contributed by atoms with Gasteiger partial charge in [0.25, 0.3) is 0 Å². The van der Waals surface area contributed by atoms with Crippen LogP contribution in [0.1, 0.15) is 66.9 Å². The Bertz CT molecular complexity index is 722. The molecule has 2 N–H and O–H groups in total. The molecule has 0 fully saturated rings. The summed E-state index contributed by atoms with van der Waals surface area (Å²) in [4.78, 5) is 13.1. The molecular formula is C22H28O4. The predicted molar refractivity (Wildman–Crippen MR) is 103 cm³/mol. The zero-order valence-corrected chi connectivity index (χ0v) is 15.7. The van der Waals surface area contributed by atoms with E-state index in [4.69, 9.17) is 4.74 Å². The summed E-state index contributed by atoms with van der Waals surface area (Å²) in [6.07, 6.45) is 2.87. The molecule has 2 rings (SSSR count). The minimum absolute atomic E-state index is 0.0291. The van der Waals surface area contributed by atoms with Gasteiger partial charge in [-0.3, -0.25) is 4.79 Å². The van der Waals surface area contributed by atoms with Gasteiger partial charge in [-0.1, -0.05) is 50.1 Å². The molecule has 0 aromatic heterocycles. The molecule has 0 aliphatic rings. The van der Waals surface area contributed by atoms with Crippen LogP contribution in [0.25, 0.3) is 0 Å². The van der Waals surface area contributed by atoms with Gasteiger partial charge in [0, 0.05) is 11.6 Å². The van der Waals surface area contributed by atoms with Gasteiger partial charge >= 0.3 is 0 Å². The van der Waals surface area contributed by atoms with Crippen LogP contribution in [-0.2, 0) is 0 Å². The Balaban J connectivity index is 2.57. The fourth-order valence-corrected chi connectivity index (χ4v) is 3.31. The monoisotopic (exact) mass is 356 g/mol. The molecule has 2 unspecified atom stereocenters. The first-order chi connectivity index (χ1) is 12.5. The molecule has 0 saturated heterocycles. The van der Waals surface area contributed by atoms with E-state index in [1.165, 1.54) is 13.2 Å². The Kier molecular flexibility index (Phi) is 7.22. The average Bonchev–Trinajstić information content (AvgIpc) is 2.64. The topological polar surface area (TPSA) is 66.8 Å². The van der Waals surface area contributed by atoms with Crippen LogP contribution >= 0.6 is 0 Å². The number of aliphatic hydroxyl groups is 1. The fourth-order valence-electron chi connectivity index (χ4n) is 3.31. The molecule has 0 amide bonds. The van der Waals surface area contributed by atoms with Crippen LogP contribution in [-0.4, -0.2) is 29.2 Å². The van der Waals surface area contributed by atoms with E-state index in [-0.39, 0.29) is 17.5 Å². The number of hydrogen-bond donors (Lipinski definition) is 2. The molecule has 0 saturated carbocycles. The number of hydrogen-bond acceptors (Lipinski definition) is 4. The van der Waals surface area contributed by atoms with Crippen molar-refractivity contribution in [3.05, 3.63) is 59.2 Å². The third-order valence-electron chi connectivity index (χ3n) is 4.59. The van der Waals surface area contributed by atoms with Crippen LogP contribution in [0.4, 0.5) is 0 Å². The highest BCUT2D eigenvalue weighted by Gasteiger charge is 2.25. The van der Waals surface area contributed by atoms with Crippen LogP contribution in [0.2, 0.25) is 0 Å². The summed E-state index contributed by atoms with van der Waals surface area (Å²) in [5.41, 5.74) is 1.57. The largest absolute Gasteiger partial charge is 0.507 e. The number of methoxy groups -OCH3 is 1. The van der Waals surface area contributed by atoms with E-state index in [0.717, 1.165) is 24.8 Å². The van der Waals surface area contributed by atoms with E-state index in [9.17, 15) is 15.0 Å². The van der Waals surface area contributed by atoms with E-state index < -0.39 is 6.10 Å². The van der Waals surface area contributed by atoms with Gasteiger partial charge in [-0.05, 0) is 37.3 Å². The summed E-state index contributed by atoms with van der Waals surface area (Å²) in [6.45, 7) is 3.86. The Hall–Kier alpha value is -2.33. The molecule has 140 valence electrons. The van der Waals surface area contributed by atoms with Crippen LogP contribution in [0.3, 0.4) is 0 Å². The fraction of sp³-hybridized carbons (Fsp3) is 0.409. The summed E-state index contributed by atoms with van der Waals surface area (Å²) < 4.78 is 5.30. The third-order valence-corrected chi connectivity index (χ3v) is 4.59. The summed E-state index contributed by atoms with van der Waals surface area (Å²) in [5, 5.41) is 20.5. The van der Waals surface area contributed by atoms with E-state index in [1.807, 2.05) is 12.1 Å². The number of phenols is 1. The number of unbranched alkanes of at least 4 members (excludes halogenated alkanes) is 1. The standard InChI is InChI=1S/C22H28O4/c1-4-5-9-17(12-15(2)23)19-13-18(26-3)14-20(24)21(19)22(25)16-10-7-6-8-11-16/h6-8,10-11,13-15,17,23-24H,4-5,9,12H2,1-3H3. The molecule has 0 bridgehead atoms. The van der Waals surface area contributed by atoms with Crippen molar-refractivity contribution in [3.63, 3.8) is 0 Å². The van der Waals surface area contributed by atoms with Crippen LogP contribution < -0.4 is 4.74 Å². The normalized spacial score (nSPS) is 13.2. The van der Waals surface area contributed by atoms with Crippen LogP contribution in [0, 0.1) is 0 Å². The number of carbonyl (C=O) groups is 1. The second-order valence-electron chi connectivity index (χ2n) is 6.73. The minimum atomic E-state index is -0.495. The van der Waals surface area contributed by atoms with Gasteiger partial charge in [0.05, 0.1) is 18.8 Å². The van der Waals surface area contributed by atoms with Gasteiger partial charge in [0.1, 0.15) is 11.5 Å². The second kappa shape index (κ2) is 9.39. The lowest BCUT2D eigenvalue weighted by atomic mass is 9.83. The molecule has 0 radical (unpaired) electrons. The highest BCUT2D eigenvalue weighted by atomic mass is 16.5. The Morgan fingerprint density at radius 2 is 1.88 bits per heavy atom. The molecule has 0 aliphatic carbocycles. The van der Waals surface area contributed by atoms with Crippen molar-refractivity contribution in [1.29, 1.82) is 0 Å². The highest BCUT2D eigenvalue weighted by Crippen LogP contribution is 2.38. The molecule has 4 heteroatoms. The molecule has 0 heterocycles. The molecule has 0 aliphatic heterocycles. The van der Waals surface area contributed by atoms with Gasteiger partial charge in [-0.15, -0.1) is 0 Å². The number of aromatic hydroxyl groups is 1. The Morgan fingerprint density at radius 3 is 2.46 bits per heavy atom. The number of aliphatic hydroxyl groups excluding tert-OH is 1. The highest BCUT2D eigenvalue weighted by molar-refractivity contribution is 6.11. The number of ketones is 1. The van der Waals surface area contributed by atoms with Crippen molar-refractivity contribution >= 4 is 5.78 Å². The zero-order valence-electron chi connectivity index (χ0n) is 15.7. The number of phenolic OH excluding ortho intramolecular Hbond substituents is 1. The van der Waals surface area contributed by atoms with Crippen molar-refractivity contribution in [2.24, 2.45) is 0 Å². The van der Waals surface area contributed by atoms with E-state index in [1.54, 1.807) is 31.2 Å². The van der Waals surface area contributed by atoms with Gasteiger partial charge < -0.3 is 14.9 Å². The average molecular weight is 356 g/mol. The van der Waals surface area contributed by atoms with E-state index >= 15 is 0 Å².